The number of rotatable bonds is 3. The van der Waals surface area contributed by atoms with Crippen molar-refractivity contribution in [3.8, 4) is 33.5 Å². The van der Waals surface area contributed by atoms with Crippen LogP contribution in [0.15, 0.2) is 150 Å². The Labute approximate surface area is 241 Å². The van der Waals surface area contributed by atoms with Crippen LogP contribution < -0.4 is 0 Å². The molecule has 9 aromatic rings. The van der Waals surface area contributed by atoms with Crippen LogP contribution >= 0.6 is 0 Å². The second kappa shape index (κ2) is 8.92. The quantitative estimate of drug-likeness (QED) is 0.210. The fourth-order valence-electron chi connectivity index (χ4n) is 6.56. The van der Waals surface area contributed by atoms with Crippen molar-refractivity contribution in [3.05, 3.63) is 146 Å². The smallest absolute Gasteiger partial charge is 0.143 e. The average molecular weight is 537 g/mol. The molecule has 3 heteroatoms. The fraction of sp³-hybridized carbons (Fsp3) is 0. The summed E-state index contributed by atoms with van der Waals surface area (Å²) in [6.45, 7) is 0. The van der Waals surface area contributed by atoms with Gasteiger partial charge in [0, 0.05) is 34.3 Å². The van der Waals surface area contributed by atoms with E-state index in [4.69, 9.17) is 9.40 Å². The topological polar surface area (TPSA) is 30.4 Å². The molecule has 0 spiro atoms. The third-order valence-corrected chi connectivity index (χ3v) is 8.44. The Kier molecular flexibility index (Phi) is 4.90. The lowest BCUT2D eigenvalue weighted by atomic mass is 9.87. The fourth-order valence-corrected chi connectivity index (χ4v) is 6.56. The average Bonchev–Trinajstić information content (AvgIpc) is 3.65. The highest BCUT2D eigenvalue weighted by atomic mass is 16.3. The summed E-state index contributed by atoms with van der Waals surface area (Å²) in [5, 5.41) is 7.13. The molecule has 3 heterocycles. The molecule has 0 amide bonds. The first-order valence-corrected chi connectivity index (χ1v) is 14.2. The third kappa shape index (κ3) is 3.37. The van der Waals surface area contributed by atoms with Crippen LogP contribution in [0.25, 0.3) is 82.6 Å². The molecule has 6 aromatic carbocycles. The first-order chi connectivity index (χ1) is 20.8. The molecular formula is C39H24N2O. The summed E-state index contributed by atoms with van der Waals surface area (Å²) in [6.07, 6.45) is 4.19. The summed E-state index contributed by atoms with van der Waals surface area (Å²) in [5.74, 6) is 0. The second-order valence-electron chi connectivity index (χ2n) is 10.8. The zero-order valence-corrected chi connectivity index (χ0v) is 22.7. The Morgan fingerprint density at radius 2 is 1.07 bits per heavy atom. The number of nitrogens with zero attached hydrogens (tertiary/aromatic N) is 2. The van der Waals surface area contributed by atoms with Crippen LogP contribution in [0.1, 0.15) is 0 Å². The molecule has 3 aromatic heterocycles. The number of imidazole rings is 1. The Hall–Kier alpha value is -5.67. The van der Waals surface area contributed by atoms with E-state index in [0.717, 1.165) is 44.4 Å². The predicted molar refractivity (Wildman–Crippen MR) is 174 cm³/mol. The van der Waals surface area contributed by atoms with Crippen LogP contribution in [0.4, 0.5) is 0 Å². The van der Waals surface area contributed by atoms with Gasteiger partial charge in [-0.15, -0.1) is 0 Å². The molecule has 0 radical (unpaired) electrons. The van der Waals surface area contributed by atoms with Crippen molar-refractivity contribution in [2.45, 2.75) is 0 Å². The number of fused-ring (bicyclic) bond motifs is 6. The van der Waals surface area contributed by atoms with E-state index in [1.165, 1.54) is 38.2 Å². The minimum absolute atomic E-state index is 0.917. The summed E-state index contributed by atoms with van der Waals surface area (Å²) in [6, 6.07) is 47.1. The van der Waals surface area contributed by atoms with Gasteiger partial charge >= 0.3 is 0 Å². The van der Waals surface area contributed by atoms with Crippen molar-refractivity contribution in [3.63, 3.8) is 0 Å². The first kappa shape index (κ1) is 23.1. The maximum absolute atomic E-state index is 6.34. The minimum atomic E-state index is 0.917. The summed E-state index contributed by atoms with van der Waals surface area (Å²) in [7, 11) is 0. The predicted octanol–water partition coefficient (Wildman–Crippen LogP) is 10.5. The molecule has 0 unspecified atom stereocenters. The van der Waals surface area contributed by atoms with Gasteiger partial charge in [-0.1, -0.05) is 115 Å². The molecule has 0 saturated carbocycles. The van der Waals surface area contributed by atoms with Crippen molar-refractivity contribution >= 4 is 49.1 Å². The van der Waals surface area contributed by atoms with E-state index >= 15 is 0 Å². The molecule has 0 aliphatic carbocycles. The van der Waals surface area contributed by atoms with Gasteiger partial charge in [0.2, 0.25) is 0 Å². The van der Waals surface area contributed by atoms with Crippen LogP contribution in [0.2, 0.25) is 0 Å². The maximum atomic E-state index is 6.34. The van der Waals surface area contributed by atoms with Gasteiger partial charge in [-0.2, -0.15) is 0 Å². The van der Waals surface area contributed by atoms with E-state index in [0.29, 0.717) is 0 Å². The lowest BCUT2D eigenvalue weighted by Gasteiger charge is -2.16. The van der Waals surface area contributed by atoms with E-state index in [1.54, 1.807) is 0 Å². The van der Waals surface area contributed by atoms with Crippen molar-refractivity contribution in [2.75, 3.05) is 0 Å². The summed E-state index contributed by atoms with van der Waals surface area (Å²) in [4.78, 5) is 5.03. The highest BCUT2D eigenvalue weighted by Crippen LogP contribution is 2.44. The number of pyridine rings is 1. The highest BCUT2D eigenvalue weighted by molar-refractivity contribution is 6.21. The van der Waals surface area contributed by atoms with Gasteiger partial charge in [0.1, 0.15) is 16.8 Å². The van der Waals surface area contributed by atoms with Gasteiger partial charge in [0.15, 0.2) is 0 Å². The summed E-state index contributed by atoms with van der Waals surface area (Å²) >= 11 is 0. The Balaban J connectivity index is 1.26. The van der Waals surface area contributed by atoms with Gasteiger partial charge < -0.3 is 8.82 Å². The molecule has 0 bridgehead atoms. The largest absolute Gasteiger partial charge is 0.455 e. The van der Waals surface area contributed by atoms with Crippen LogP contribution in [0, 0.1) is 0 Å². The molecule has 0 aliphatic rings. The van der Waals surface area contributed by atoms with E-state index in [2.05, 4.69) is 126 Å². The minimum Gasteiger partial charge on any atom is -0.455 e. The standard InChI is InChI=1S/C39H24N2O/c1-3-13-31-29(11-1)37(30-12-2-4-14-32(30)38(31)34-24-41-23-8-7-18-36(41)40-34)26-21-19-25(20-22-26)27-15-9-16-33-28-10-5-6-17-35(28)42-39(27)33/h1-24H. The molecule has 196 valence electrons. The molecule has 0 atom stereocenters. The SMILES string of the molecule is c1ccc2c(c1)oc1c(-c3ccc(-c4c5ccccc5c(-c5cn6ccccc6n5)c5ccccc45)cc3)cccc12. The number of aromatic nitrogens is 2. The molecule has 3 nitrogen and oxygen atoms in total. The van der Waals surface area contributed by atoms with Gasteiger partial charge in [0.25, 0.3) is 0 Å². The molecule has 9 rings (SSSR count). The van der Waals surface area contributed by atoms with Crippen molar-refractivity contribution in [1.29, 1.82) is 0 Å². The number of para-hydroxylation sites is 2. The van der Waals surface area contributed by atoms with Crippen LogP contribution in [0.5, 0.6) is 0 Å². The van der Waals surface area contributed by atoms with Crippen molar-refractivity contribution in [1.82, 2.24) is 9.38 Å². The second-order valence-corrected chi connectivity index (χ2v) is 10.8. The molecule has 0 saturated heterocycles. The zero-order chi connectivity index (χ0) is 27.6. The zero-order valence-electron chi connectivity index (χ0n) is 22.7. The Morgan fingerprint density at radius 1 is 0.476 bits per heavy atom. The first-order valence-electron chi connectivity index (χ1n) is 14.2. The van der Waals surface area contributed by atoms with Gasteiger partial charge in [-0.3, -0.25) is 0 Å². The van der Waals surface area contributed by atoms with E-state index in [1.807, 2.05) is 24.3 Å². The Morgan fingerprint density at radius 3 is 1.79 bits per heavy atom. The monoisotopic (exact) mass is 536 g/mol. The summed E-state index contributed by atoms with van der Waals surface area (Å²) in [5.41, 5.74) is 9.60. The summed E-state index contributed by atoms with van der Waals surface area (Å²) < 4.78 is 8.43. The lowest BCUT2D eigenvalue weighted by Crippen LogP contribution is -1.91. The van der Waals surface area contributed by atoms with Crippen molar-refractivity contribution in [2.24, 2.45) is 0 Å². The Bertz CT molecular complexity index is 2370. The van der Waals surface area contributed by atoms with E-state index < -0.39 is 0 Å². The maximum Gasteiger partial charge on any atom is 0.143 e. The third-order valence-electron chi connectivity index (χ3n) is 8.44. The lowest BCUT2D eigenvalue weighted by molar-refractivity contribution is 0.670. The molecular weight excluding hydrogens is 512 g/mol. The van der Waals surface area contributed by atoms with E-state index in [-0.39, 0.29) is 0 Å². The number of benzene rings is 6. The molecule has 42 heavy (non-hydrogen) atoms. The van der Waals surface area contributed by atoms with Crippen LogP contribution in [-0.2, 0) is 0 Å². The van der Waals surface area contributed by atoms with Gasteiger partial charge in [-0.25, -0.2) is 4.98 Å². The van der Waals surface area contributed by atoms with Crippen LogP contribution in [-0.4, -0.2) is 9.38 Å². The van der Waals surface area contributed by atoms with Gasteiger partial charge in [0.05, 0.1) is 5.69 Å². The number of hydrogen-bond donors (Lipinski definition) is 0. The van der Waals surface area contributed by atoms with Crippen molar-refractivity contribution < 1.29 is 4.42 Å². The normalized spacial score (nSPS) is 11.8. The van der Waals surface area contributed by atoms with Gasteiger partial charge in [-0.05, 0) is 56.4 Å². The highest BCUT2D eigenvalue weighted by Gasteiger charge is 2.19. The number of furan rings is 1. The molecule has 0 N–H and O–H groups in total. The number of hydrogen-bond acceptors (Lipinski definition) is 2. The molecule has 0 aliphatic heterocycles. The molecule has 0 fully saturated rings. The van der Waals surface area contributed by atoms with Crippen LogP contribution in [0.3, 0.4) is 0 Å². The van der Waals surface area contributed by atoms with E-state index in [9.17, 15) is 0 Å².